The van der Waals surface area contributed by atoms with Gasteiger partial charge in [-0.2, -0.15) is 0 Å². The van der Waals surface area contributed by atoms with E-state index in [1.165, 1.54) is 13.8 Å². The summed E-state index contributed by atoms with van der Waals surface area (Å²) < 4.78 is 0. The molecule has 0 saturated heterocycles. The number of rotatable bonds is 15. The summed E-state index contributed by atoms with van der Waals surface area (Å²) in [5.74, 6) is -2.36. The summed E-state index contributed by atoms with van der Waals surface area (Å²) in [5, 5.41) is 43.2. The van der Waals surface area contributed by atoms with Crippen molar-refractivity contribution in [2.24, 2.45) is 17.3 Å². The van der Waals surface area contributed by atoms with Gasteiger partial charge in [0.1, 0.15) is 5.78 Å². The lowest BCUT2D eigenvalue weighted by atomic mass is 9.73. The molecule has 0 spiro atoms. The first kappa shape index (κ1) is 31.2. The van der Waals surface area contributed by atoms with E-state index in [1.54, 1.807) is 18.3 Å². The van der Waals surface area contributed by atoms with Crippen LogP contribution in [0.1, 0.15) is 84.3 Å². The number of carbonyl (C=O) groups excluding carboxylic acids is 1. The van der Waals surface area contributed by atoms with Crippen LogP contribution >= 0.6 is 11.3 Å². The van der Waals surface area contributed by atoms with Crippen molar-refractivity contribution in [1.29, 1.82) is 0 Å². The molecule has 35 heavy (non-hydrogen) atoms. The molecule has 0 aliphatic carbocycles. The van der Waals surface area contributed by atoms with Gasteiger partial charge in [-0.15, -0.1) is 11.3 Å². The minimum Gasteiger partial charge on any atom is -0.481 e. The van der Waals surface area contributed by atoms with Gasteiger partial charge in [-0.3, -0.25) is 9.59 Å². The number of carbonyl (C=O) groups is 2. The molecule has 0 aromatic carbocycles. The first-order valence-corrected chi connectivity index (χ1v) is 13.1. The molecule has 0 bridgehead atoms. The van der Waals surface area contributed by atoms with Crippen LogP contribution in [0.25, 0.3) is 6.08 Å². The monoisotopic (exact) mass is 509 g/mol. The van der Waals surface area contributed by atoms with Gasteiger partial charge in [0, 0.05) is 11.3 Å². The van der Waals surface area contributed by atoms with Gasteiger partial charge >= 0.3 is 5.97 Å². The topological polar surface area (TPSA) is 128 Å². The van der Waals surface area contributed by atoms with Gasteiger partial charge in [0.15, 0.2) is 0 Å². The van der Waals surface area contributed by atoms with E-state index in [-0.39, 0.29) is 11.7 Å². The number of ketones is 1. The Morgan fingerprint density at radius 3 is 2.34 bits per heavy atom. The zero-order valence-corrected chi connectivity index (χ0v) is 22.9. The largest absolute Gasteiger partial charge is 0.481 e. The second kappa shape index (κ2) is 14.0. The van der Waals surface area contributed by atoms with Gasteiger partial charge in [-0.05, 0) is 64.0 Å². The van der Waals surface area contributed by atoms with Gasteiger partial charge in [-0.25, -0.2) is 4.98 Å². The van der Waals surface area contributed by atoms with E-state index in [0.717, 1.165) is 34.7 Å². The molecular weight excluding hydrogens is 466 g/mol. The van der Waals surface area contributed by atoms with Crippen LogP contribution in [0.15, 0.2) is 22.6 Å². The van der Waals surface area contributed by atoms with Crippen molar-refractivity contribution in [2.75, 3.05) is 0 Å². The van der Waals surface area contributed by atoms with Gasteiger partial charge in [0.2, 0.25) is 0 Å². The molecule has 0 radical (unpaired) electrons. The van der Waals surface area contributed by atoms with Crippen LogP contribution in [0.2, 0.25) is 0 Å². The van der Waals surface area contributed by atoms with Crippen molar-refractivity contribution >= 4 is 29.2 Å². The number of aliphatic hydroxyl groups is 3. The maximum absolute atomic E-state index is 12.9. The number of hydrogen-bond donors (Lipinski definition) is 4. The summed E-state index contributed by atoms with van der Waals surface area (Å²) in [6, 6.07) is 0. The van der Waals surface area contributed by atoms with E-state index < -0.39 is 42.0 Å². The van der Waals surface area contributed by atoms with Crippen LogP contribution in [0.5, 0.6) is 0 Å². The molecule has 1 heterocycles. The molecule has 8 heteroatoms. The van der Waals surface area contributed by atoms with Crippen molar-refractivity contribution in [2.45, 2.75) is 98.9 Å². The Morgan fingerprint density at radius 2 is 1.80 bits per heavy atom. The average Bonchev–Trinajstić information content (AvgIpc) is 3.19. The number of aliphatic hydroxyl groups excluding tert-OH is 3. The van der Waals surface area contributed by atoms with Gasteiger partial charge in [0.25, 0.3) is 0 Å². The minimum atomic E-state index is -1.32. The number of aliphatic carboxylic acids is 1. The molecule has 0 aliphatic rings. The molecule has 0 saturated carbocycles. The fourth-order valence-electron chi connectivity index (χ4n) is 4.07. The Morgan fingerprint density at radius 1 is 1.17 bits per heavy atom. The Hall–Kier alpha value is -1.87. The van der Waals surface area contributed by atoms with E-state index >= 15 is 0 Å². The predicted molar refractivity (Wildman–Crippen MR) is 140 cm³/mol. The number of allylic oxidation sites excluding steroid dienone is 1. The molecule has 1 rings (SSSR count). The number of nitrogens with zero attached hydrogens (tertiary/aromatic N) is 1. The molecule has 1 aromatic rings. The van der Waals surface area contributed by atoms with Gasteiger partial charge in [-0.1, -0.05) is 39.3 Å². The third-order valence-corrected chi connectivity index (χ3v) is 7.59. The molecule has 5 atom stereocenters. The summed E-state index contributed by atoms with van der Waals surface area (Å²) >= 11 is 1.58. The molecule has 1 aromatic heterocycles. The highest BCUT2D eigenvalue weighted by atomic mass is 32.1. The van der Waals surface area contributed by atoms with Crippen LogP contribution in [0, 0.1) is 24.2 Å². The minimum absolute atomic E-state index is 0.133. The standard InChI is InChI=1S/C27H43NO6S/c1-16(11-12-22(29)18(3)13-21-15-35-20(5)28-21)9-8-10-17(2)25(33)19(4)26(34)27(6,7)23(30)14-24(31)32/h11,13,15,17,19,22-23,25,29-30,33H,8-10,12,14H2,1-7H3,(H,31,32)/b16-11+,18-13+/t17-,19+,22+,23-,25-/m0/s1. The predicted octanol–water partition coefficient (Wildman–Crippen LogP) is 4.79. The number of Topliss-reactive ketones (excluding diaryl/α,β-unsaturated/α-hetero) is 1. The van der Waals surface area contributed by atoms with Crippen molar-refractivity contribution in [3.05, 3.63) is 33.3 Å². The maximum Gasteiger partial charge on any atom is 0.306 e. The van der Waals surface area contributed by atoms with Crippen molar-refractivity contribution in [1.82, 2.24) is 4.98 Å². The van der Waals surface area contributed by atoms with Gasteiger partial charge in [0.05, 0.1) is 40.8 Å². The summed E-state index contributed by atoms with van der Waals surface area (Å²) in [6.07, 6.45) is 3.55. The molecule has 0 fully saturated rings. The molecule has 0 amide bonds. The normalized spacial score (nSPS) is 17.5. The second-order valence-electron chi connectivity index (χ2n) is 10.3. The zero-order valence-electron chi connectivity index (χ0n) is 22.1. The first-order valence-electron chi connectivity index (χ1n) is 12.2. The average molecular weight is 510 g/mol. The smallest absolute Gasteiger partial charge is 0.306 e. The van der Waals surface area contributed by atoms with Crippen LogP contribution in [-0.2, 0) is 9.59 Å². The van der Waals surface area contributed by atoms with Crippen molar-refractivity contribution < 1.29 is 30.0 Å². The summed E-state index contributed by atoms with van der Waals surface area (Å²) in [6.45, 7) is 12.4. The van der Waals surface area contributed by atoms with E-state index in [2.05, 4.69) is 4.98 Å². The molecule has 0 aliphatic heterocycles. The summed E-state index contributed by atoms with van der Waals surface area (Å²) in [5.41, 5.74) is 1.63. The molecule has 7 nitrogen and oxygen atoms in total. The Kier molecular flexibility index (Phi) is 12.5. The van der Waals surface area contributed by atoms with Crippen LogP contribution in [0.3, 0.4) is 0 Å². The van der Waals surface area contributed by atoms with Crippen molar-refractivity contribution in [3.8, 4) is 0 Å². The highest BCUT2D eigenvalue weighted by Crippen LogP contribution is 2.31. The lowest BCUT2D eigenvalue weighted by molar-refractivity contribution is -0.147. The Balaban J connectivity index is 2.54. The van der Waals surface area contributed by atoms with E-state index in [0.29, 0.717) is 12.8 Å². The molecule has 0 unspecified atom stereocenters. The van der Waals surface area contributed by atoms with Crippen LogP contribution < -0.4 is 0 Å². The highest BCUT2D eigenvalue weighted by molar-refractivity contribution is 7.09. The van der Waals surface area contributed by atoms with Crippen molar-refractivity contribution in [3.63, 3.8) is 0 Å². The maximum atomic E-state index is 12.9. The van der Waals surface area contributed by atoms with Gasteiger partial charge < -0.3 is 20.4 Å². The number of aromatic nitrogens is 1. The molecular formula is C27H43NO6S. The lowest BCUT2D eigenvalue weighted by Gasteiger charge is -2.34. The molecule has 198 valence electrons. The number of carboxylic acids is 1. The fourth-order valence-corrected chi connectivity index (χ4v) is 4.64. The number of thiazole rings is 1. The van der Waals surface area contributed by atoms with Crippen LogP contribution in [-0.4, -0.2) is 55.5 Å². The fraction of sp³-hybridized carbons (Fsp3) is 0.667. The summed E-state index contributed by atoms with van der Waals surface area (Å²) in [7, 11) is 0. The first-order chi connectivity index (χ1) is 16.2. The number of aryl methyl sites for hydroxylation is 1. The third-order valence-electron chi connectivity index (χ3n) is 6.80. The Labute approximate surface area is 213 Å². The quantitative estimate of drug-likeness (QED) is 0.250. The highest BCUT2D eigenvalue weighted by Gasteiger charge is 2.41. The second-order valence-corrected chi connectivity index (χ2v) is 11.4. The number of hydrogen-bond acceptors (Lipinski definition) is 7. The van der Waals surface area contributed by atoms with Crippen LogP contribution in [0.4, 0.5) is 0 Å². The van der Waals surface area contributed by atoms with E-state index in [1.807, 2.05) is 45.2 Å². The third kappa shape index (κ3) is 9.95. The Bertz CT molecular complexity index is 903. The molecule has 4 N–H and O–H groups in total. The van der Waals surface area contributed by atoms with E-state index in [4.69, 9.17) is 5.11 Å². The lowest BCUT2D eigenvalue weighted by Crippen LogP contribution is -2.45. The SMILES string of the molecule is C/C(=C\C[C@@H](O)/C(C)=C/c1csc(C)n1)CCC[C@H](C)[C@H](O)[C@@H](C)C(=O)C(C)(C)[C@@H](O)CC(=O)O. The van der Waals surface area contributed by atoms with E-state index in [9.17, 15) is 24.9 Å². The summed E-state index contributed by atoms with van der Waals surface area (Å²) in [4.78, 5) is 28.2. The number of carboxylic acid groups (broad SMARTS) is 1. The zero-order chi connectivity index (χ0) is 26.9.